The molecular weight excluding hydrogens is 392 g/mol. The number of hydrogen-bond donors (Lipinski definition) is 3. The molecule has 0 saturated carbocycles. The van der Waals surface area contributed by atoms with Gasteiger partial charge in [-0.3, -0.25) is 0 Å². The molecule has 0 amide bonds. The lowest BCUT2D eigenvalue weighted by Crippen LogP contribution is -2.25. The number of hydrogen-bond acceptors (Lipinski definition) is 9. The zero-order chi connectivity index (χ0) is 20.8. The number of carbonyl (C=O) groups is 1. The molecule has 1 aliphatic rings. The number of nitrogen functional groups attached to an aromatic ring is 1. The van der Waals surface area contributed by atoms with Gasteiger partial charge in [0, 0.05) is 17.8 Å². The van der Waals surface area contributed by atoms with Crippen LogP contribution in [0.3, 0.4) is 0 Å². The molecule has 0 bridgehead atoms. The van der Waals surface area contributed by atoms with Crippen molar-refractivity contribution in [1.29, 1.82) is 5.26 Å². The number of nitriles is 1. The van der Waals surface area contributed by atoms with Crippen LogP contribution in [0.25, 0.3) is 5.95 Å². The lowest BCUT2D eigenvalue weighted by atomic mass is 10.2. The number of carboxylic acids is 1. The van der Waals surface area contributed by atoms with Gasteiger partial charge in [0.15, 0.2) is 11.5 Å². The van der Waals surface area contributed by atoms with Crippen molar-refractivity contribution in [3.8, 4) is 23.5 Å². The normalized spacial score (nSPS) is 13.7. The fourth-order valence-electron chi connectivity index (χ4n) is 2.51. The van der Waals surface area contributed by atoms with Crippen LogP contribution in [0.5, 0.6) is 11.5 Å². The third kappa shape index (κ3) is 3.30. The number of rotatable bonds is 4. The van der Waals surface area contributed by atoms with Crippen molar-refractivity contribution in [1.82, 2.24) is 19.7 Å². The largest absolute Gasteiger partial charge is 0.586 e. The minimum Gasteiger partial charge on any atom is -0.477 e. The molecule has 2 aromatic heterocycles. The molecule has 0 atom stereocenters. The van der Waals surface area contributed by atoms with E-state index in [1.807, 2.05) is 6.07 Å². The first kappa shape index (κ1) is 17.9. The van der Waals surface area contributed by atoms with Gasteiger partial charge in [-0.15, -0.1) is 8.78 Å². The van der Waals surface area contributed by atoms with Crippen molar-refractivity contribution in [2.75, 3.05) is 11.1 Å². The molecule has 0 aliphatic carbocycles. The van der Waals surface area contributed by atoms with Crippen molar-refractivity contribution in [2.45, 2.75) is 6.29 Å². The molecule has 146 valence electrons. The Morgan fingerprint density at radius 1 is 1.28 bits per heavy atom. The van der Waals surface area contributed by atoms with Crippen molar-refractivity contribution in [3.05, 3.63) is 41.7 Å². The van der Waals surface area contributed by atoms with Gasteiger partial charge in [-0.2, -0.15) is 25.0 Å². The molecule has 13 heteroatoms. The molecular formula is C16H9F2N7O4. The van der Waals surface area contributed by atoms with Gasteiger partial charge in [0.25, 0.3) is 5.95 Å². The van der Waals surface area contributed by atoms with Crippen LogP contribution in [0.4, 0.5) is 26.1 Å². The molecule has 11 nitrogen and oxygen atoms in total. The number of anilines is 3. The summed E-state index contributed by atoms with van der Waals surface area (Å²) in [6.07, 6.45) is -2.73. The Morgan fingerprint density at radius 3 is 2.72 bits per heavy atom. The lowest BCUT2D eigenvalue weighted by molar-refractivity contribution is -0.286. The Balaban J connectivity index is 1.69. The highest BCUT2D eigenvalue weighted by Crippen LogP contribution is 2.42. The maximum absolute atomic E-state index is 13.1. The van der Waals surface area contributed by atoms with Gasteiger partial charge >= 0.3 is 12.3 Å². The van der Waals surface area contributed by atoms with Gasteiger partial charge in [-0.1, -0.05) is 0 Å². The maximum atomic E-state index is 13.1. The number of nitrogens with zero attached hydrogens (tertiary/aromatic N) is 5. The van der Waals surface area contributed by atoms with Crippen molar-refractivity contribution in [3.63, 3.8) is 0 Å². The van der Waals surface area contributed by atoms with E-state index >= 15 is 0 Å². The molecule has 0 fully saturated rings. The van der Waals surface area contributed by atoms with Gasteiger partial charge in [-0.25, -0.2) is 4.79 Å². The Labute approximate surface area is 159 Å². The molecule has 0 unspecified atom stereocenters. The van der Waals surface area contributed by atoms with Gasteiger partial charge in [0.2, 0.25) is 0 Å². The van der Waals surface area contributed by atoms with E-state index in [4.69, 9.17) is 10.8 Å². The Morgan fingerprint density at radius 2 is 2.03 bits per heavy atom. The average Bonchev–Trinajstić information content (AvgIpc) is 3.19. The van der Waals surface area contributed by atoms with Gasteiger partial charge in [0.1, 0.15) is 29.0 Å². The molecule has 0 spiro atoms. The summed E-state index contributed by atoms with van der Waals surface area (Å²) in [6.45, 7) is 0. The smallest absolute Gasteiger partial charge is 0.477 e. The van der Waals surface area contributed by atoms with E-state index in [-0.39, 0.29) is 40.3 Å². The number of alkyl halides is 2. The number of fused-ring (bicyclic) bond motifs is 1. The van der Waals surface area contributed by atoms with E-state index in [0.717, 1.165) is 10.9 Å². The second-order valence-corrected chi connectivity index (χ2v) is 5.66. The Bertz CT molecular complexity index is 1190. The summed E-state index contributed by atoms with van der Waals surface area (Å²) in [5, 5.41) is 24.9. The molecule has 3 heterocycles. The number of carboxylic acid groups (broad SMARTS) is 1. The van der Waals surface area contributed by atoms with Crippen LogP contribution in [-0.4, -0.2) is 37.1 Å². The van der Waals surface area contributed by atoms with E-state index in [9.17, 15) is 18.8 Å². The molecule has 1 aromatic carbocycles. The summed E-state index contributed by atoms with van der Waals surface area (Å²) < 4.78 is 36.0. The third-order valence-electron chi connectivity index (χ3n) is 3.73. The van der Waals surface area contributed by atoms with E-state index in [1.54, 1.807) is 0 Å². The number of aromatic carboxylic acids is 1. The Kier molecular flexibility index (Phi) is 3.89. The predicted octanol–water partition coefficient (Wildman–Crippen LogP) is 1.88. The van der Waals surface area contributed by atoms with Crippen LogP contribution in [-0.2, 0) is 0 Å². The molecule has 0 saturated heterocycles. The fraction of sp³-hybridized carbons (Fsp3) is 0.0625. The molecule has 3 aromatic rings. The third-order valence-corrected chi connectivity index (χ3v) is 3.73. The van der Waals surface area contributed by atoms with Gasteiger partial charge in [0.05, 0.1) is 6.20 Å². The number of halogens is 2. The van der Waals surface area contributed by atoms with Crippen molar-refractivity contribution in [2.24, 2.45) is 0 Å². The van der Waals surface area contributed by atoms with Crippen LogP contribution >= 0.6 is 0 Å². The highest BCUT2D eigenvalue weighted by atomic mass is 19.3. The molecule has 0 radical (unpaired) electrons. The Hall–Kier alpha value is -4.47. The summed E-state index contributed by atoms with van der Waals surface area (Å²) >= 11 is 0. The zero-order valence-electron chi connectivity index (χ0n) is 14.1. The highest BCUT2D eigenvalue weighted by molar-refractivity contribution is 5.92. The molecule has 4 N–H and O–H groups in total. The first-order valence-corrected chi connectivity index (χ1v) is 7.79. The van der Waals surface area contributed by atoms with Crippen molar-refractivity contribution < 1.29 is 28.2 Å². The lowest BCUT2D eigenvalue weighted by Gasteiger charge is -2.09. The number of aromatic nitrogens is 4. The molecule has 29 heavy (non-hydrogen) atoms. The predicted molar refractivity (Wildman–Crippen MR) is 91.2 cm³/mol. The quantitative estimate of drug-likeness (QED) is 0.588. The first-order chi connectivity index (χ1) is 13.8. The monoisotopic (exact) mass is 401 g/mol. The van der Waals surface area contributed by atoms with E-state index in [1.165, 1.54) is 24.3 Å². The average molecular weight is 401 g/mol. The first-order valence-electron chi connectivity index (χ1n) is 7.79. The topological polar surface area (TPSA) is 161 Å². The minimum atomic E-state index is -3.75. The van der Waals surface area contributed by atoms with Crippen LogP contribution in [0.1, 0.15) is 16.1 Å². The summed E-state index contributed by atoms with van der Waals surface area (Å²) in [4.78, 5) is 19.2. The summed E-state index contributed by atoms with van der Waals surface area (Å²) in [5.74, 6) is -1.90. The zero-order valence-corrected chi connectivity index (χ0v) is 14.1. The fourth-order valence-corrected chi connectivity index (χ4v) is 2.51. The second kappa shape index (κ2) is 6.30. The van der Waals surface area contributed by atoms with Crippen LogP contribution in [0, 0.1) is 11.3 Å². The number of ether oxygens (including phenoxy) is 2. The minimum absolute atomic E-state index is 0.0726. The SMILES string of the molecule is N#Cc1cc(Nc2ccc3c(c2)OC(F)(F)O3)nc(-n2ncc(C(=O)O)c2N)n1. The summed E-state index contributed by atoms with van der Waals surface area (Å²) in [6, 6.07) is 7.09. The van der Waals surface area contributed by atoms with E-state index in [2.05, 4.69) is 29.9 Å². The number of nitrogens with one attached hydrogen (secondary N) is 1. The van der Waals surface area contributed by atoms with Crippen molar-refractivity contribution >= 4 is 23.3 Å². The second-order valence-electron chi connectivity index (χ2n) is 5.66. The van der Waals surface area contributed by atoms with Gasteiger partial charge in [-0.05, 0) is 12.1 Å². The standard InChI is InChI=1S/C16H9F2N7O4/c17-16(18)28-10-2-1-7(3-11(10)29-16)22-12-4-8(5-19)23-15(24-12)25-13(20)9(6-21-25)14(26)27/h1-4,6H,20H2,(H,26,27)(H,22,23,24). The van der Waals surface area contributed by atoms with Gasteiger partial charge < -0.3 is 25.6 Å². The summed E-state index contributed by atoms with van der Waals surface area (Å²) in [5.41, 5.74) is 5.72. The van der Waals surface area contributed by atoms with Crippen LogP contribution in [0.2, 0.25) is 0 Å². The summed E-state index contributed by atoms with van der Waals surface area (Å²) in [7, 11) is 0. The number of benzene rings is 1. The molecule has 4 rings (SSSR count). The van der Waals surface area contributed by atoms with E-state index in [0.29, 0.717) is 5.69 Å². The van der Waals surface area contributed by atoms with Crippen LogP contribution in [0.15, 0.2) is 30.5 Å². The highest BCUT2D eigenvalue weighted by Gasteiger charge is 2.43. The number of nitrogens with two attached hydrogens (primary N) is 1. The maximum Gasteiger partial charge on any atom is 0.586 e. The van der Waals surface area contributed by atoms with E-state index < -0.39 is 12.3 Å². The van der Waals surface area contributed by atoms with Crippen LogP contribution < -0.4 is 20.5 Å². The molecule has 1 aliphatic heterocycles.